The third kappa shape index (κ3) is 4.57. The molecule has 100 valence electrons. The summed E-state index contributed by atoms with van der Waals surface area (Å²) in [4.78, 5) is 11.9. The molecule has 0 bridgehead atoms. The predicted molar refractivity (Wildman–Crippen MR) is 86.2 cm³/mol. The number of anilines is 1. The van der Waals surface area contributed by atoms with Crippen molar-refractivity contribution in [1.29, 1.82) is 0 Å². The number of amides is 1. The molecule has 0 fully saturated rings. The minimum Gasteiger partial charge on any atom is -0.323 e. The lowest BCUT2D eigenvalue weighted by atomic mass is 10.2. The molecule has 0 heterocycles. The maximum atomic E-state index is 11.9. The maximum absolute atomic E-state index is 11.9. The quantitative estimate of drug-likeness (QED) is 0.801. The standard InChI is InChI=1S/C12H16Br2N2OS/c1-7-5-8(13)11(9(14)6-7)16-12(17)10(15)3-4-18-2/h5-6,10H,3-4,15H2,1-2H3,(H,16,17)/t10-/m1/s1. The van der Waals surface area contributed by atoms with Crippen LogP contribution in [0.15, 0.2) is 21.1 Å². The van der Waals surface area contributed by atoms with E-state index < -0.39 is 6.04 Å². The third-order valence-corrected chi connectivity index (χ3v) is 4.30. The Balaban J connectivity index is 2.76. The topological polar surface area (TPSA) is 55.1 Å². The zero-order valence-corrected chi connectivity index (χ0v) is 14.3. The van der Waals surface area contributed by atoms with Crippen LogP contribution in [0.5, 0.6) is 0 Å². The highest BCUT2D eigenvalue weighted by Crippen LogP contribution is 2.32. The van der Waals surface area contributed by atoms with Crippen molar-refractivity contribution in [3.8, 4) is 0 Å². The molecule has 0 aromatic heterocycles. The number of hydrogen-bond acceptors (Lipinski definition) is 3. The van der Waals surface area contributed by atoms with Crippen molar-refractivity contribution in [3.63, 3.8) is 0 Å². The smallest absolute Gasteiger partial charge is 0.241 e. The van der Waals surface area contributed by atoms with Crippen LogP contribution in [0, 0.1) is 6.92 Å². The molecule has 0 radical (unpaired) electrons. The number of hydrogen-bond donors (Lipinski definition) is 2. The number of carbonyl (C=O) groups excluding carboxylic acids is 1. The first-order valence-corrected chi connectivity index (χ1v) is 8.44. The first-order valence-electron chi connectivity index (χ1n) is 5.46. The van der Waals surface area contributed by atoms with E-state index in [9.17, 15) is 4.79 Å². The Kier molecular flexibility index (Phi) is 6.70. The predicted octanol–water partition coefficient (Wildman–Crippen LogP) is 3.54. The minimum atomic E-state index is -0.474. The van der Waals surface area contributed by atoms with Crippen LogP contribution >= 0.6 is 43.6 Å². The average Bonchev–Trinajstić information content (AvgIpc) is 2.30. The largest absolute Gasteiger partial charge is 0.323 e. The summed E-state index contributed by atoms with van der Waals surface area (Å²) < 4.78 is 1.69. The normalized spacial score (nSPS) is 12.3. The summed E-state index contributed by atoms with van der Waals surface area (Å²) in [5, 5.41) is 2.85. The van der Waals surface area contributed by atoms with E-state index in [4.69, 9.17) is 5.73 Å². The van der Waals surface area contributed by atoms with Gasteiger partial charge in [-0.25, -0.2) is 0 Å². The molecule has 1 amide bonds. The molecule has 3 N–H and O–H groups in total. The third-order valence-electron chi connectivity index (χ3n) is 2.40. The Hall–Kier alpha value is -0.0400. The monoisotopic (exact) mass is 394 g/mol. The van der Waals surface area contributed by atoms with Crippen LogP contribution in [0.2, 0.25) is 0 Å². The fourth-order valence-corrected chi connectivity index (χ4v) is 3.51. The summed E-state index contributed by atoms with van der Waals surface area (Å²) in [5.74, 6) is 0.722. The summed E-state index contributed by atoms with van der Waals surface area (Å²) in [7, 11) is 0. The SMILES string of the molecule is CSCC[C@@H](N)C(=O)Nc1c(Br)cc(C)cc1Br. The summed E-state index contributed by atoms with van der Waals surface area (Å²) in [5.41, 5.74) is 7.66. The summed E-state index contributed by atoms with van der Waals surface area (Å²) in [6, 6.07) is 3.43. The zero-order valence-electron chi connectivity index (χ0n) is 10.3. The Morgan fingerprint density at radius 1 is 1.44 bits per heavy atom. The molecular weight excluding hydrogens is 380 g/mol. The van der Waals surface area contributed by atoms with Crippen LogP contribution in [-0.4, -0.2) is 24.0 Å². The molecule has 0 aliphatic rings. The summed E-state index contributed by atoms with van der Waals surface area (Å²) in [6.07, 6.45) is 2.67. The van der Waals surface area contributed by atoms with Gasteiger partial charge in [0, 0.05) is 8.95 Å². The van der Waals surface area contributed by atoms with E-state index in [2.05, 4.69) is 37.2 Å². The molecule has 1 atom stereocenters. The van der Waals surface area contributed by atoms with E-state index in [-0.39, 0.29) is 5.91 Å². The first kappa shape index (κ1) is 16.0. The van der Waals surface area contributed by atoms with Crippen LogP contribution in [-0.2, 0) is 4.79 Å². The van der Waals surface area contributed by atoms with Gasteiger partial charge in [-0.15, -0.1) is 0 Å². The number of halogens is 2. The Bertz CT molecular complexity index is 417. The van der Waals surface area contributed by atoms with Crippen LogP contribution in [0.25, 0.3) is 0 Å². The highest BCUT2D eigenvalue weighted by Gasteiger charge is 2.16. The lowest BCUT2D eigenvalue weighted by Crippen LogP contribution is -2.36. The maximum Gasteiger partial charge on any atom is 0.241 e. The molecular formula is C12H16Br2N2OS. The molecule has 0 saturated heterocycles. The Morgan fingerprint density at radius 2 is 2.00 bits per heavy atom. The van der Waals surface area contributed by atoms with Crippen LogP contribution in [0.3, 0.4) is 0 Å². The van der Waals surface area contributed by atoms with E-state index in [1.165, 1.54) is 0 Å². The molecule has 0 saturated carbocycles. The van der Waals surface area contributed by atoms with Gasteiger partial charge < -0.3 is 11.1 Å². The molecule has 0 aliphatic heterocycles. The number of aryl methyl sites for hydroxylation is 1. The number of carbonyl (C=O) groups is 1. The molecule has 1 rings (SSSR count). The zero-order chi connectivity index (χ0) is 13.7. The average molecular weight is 396 g/mol. The molecule has 18 heavy (non-hydrogen) atoms. The number of nitrogens with one attached hydrogen (secondary N) is 1. The second-order valence-corrected chi connectivity index (χ2v) is 6.68. The lowest BCUT2D eigenvalue weighted by Gasteiger charge is -2.14. The van der Waals surface area contributed by atoms with Crippen molar-refractivity contribution in [2.45, 2.75) is 19.4 Å². The van der Waals surface area contributed by atoms with Gasteiger partial charge in [0.05, 0.1) is 11.7 Å². The van der Waals surface area contributed by atoms with Crippen molar-refractivity contribution in [2.24, 2.45) is 5.73 Å². The highest BCUT2D eigenvalue weighted by molar-refractivity contribution is 9.11. The Labute approximate surface area is 129 Å². The molecule has 1 aromatic rings. The molecule has 0 aliphatic carbocycles. The summed E-state index contributed by atoms with van der Waals surface area (Å²) >= 11 is 8.56. The van der Waals surface area contributed by atoms with Gasteiger partial charge in [-0.1, -0.05) is 0 Å². The van der Waals surface area contributed by atoms with Gasteiger partial charge in [0.2, 0.25) is 5.91 Å². The van der Waals surface area contributed by atoms with Crippen molar-refractivity contribution in [2.75, 3.05) is 17.3 Å². The van der Waals surface area contributed by atoms with Gasteiger partial charge in [-0.2, -0.15) is 11.8 Å². The molecule has 1 aromatic carbocycles. The minimum absolute atomic E-state index is 0.158. The van der Waals surface area contributed by atoms with Gasteiger partial charge in [0.15, 0.2) is 0 Å². The highest BCUT2D eigenvalue weighted by atomic mass is 79.9. The lowest BCUT2D eigenvalue weighted by molar-refractivity contribution is -0.117. The van der Waals surface area contributed by atoms with E-state index in [1.807, 2.05) is 25.3 Å². The van der Waals surface area contributed by atoms with Crippen molar-refractivity contribution in [1.82, 2.24) is 0 Å². The van der Waals surface area contributed by atoms with Crippen LogP contribution < -0.4 is 11.1 Å². The second-order valence-electron chi connectivity index (χ2n) is 3.98. The van der Waals surface area contributed by atoms with Gasteiger partial charge in [0.1, 0.15) is 0 Å². The van der Waals surface area contributed by atoms with Crippen molar-refractivity contribution < 1.29 is 4.79 Å². The van der Waals surface area contributed by atoms with Gasteiger partial charge in [-0.3, -0.25) is 4.79 Å². The van der Waals surface area contributed by atoms with Crippen molar-refractivity contribution >= 4 is 55.2 Å². The molecule has 3 nitrogen and oxygen atoms in total. The summed E-state index contributed by atoms with van der Waals surface area (Å²) in [6.45, 7) is 1.99. The van der Waals surface area contributed by atoms with Crippen molar-refractivity contribution in [3.05, 3.63) is 26.6 Å². The first-order chi connectivity index (χ1) is 8.45. The number of rotatable bonds is 5. The fourth-order valence-electron chi connectivity index (χ4n) is 1.41. The van der Waals surface area contributed by atoms with E-state index >= 15 is 0 Å². The van der Waals surface area contributed by atoms with E-state index in [0.29, 0.717) is 6.42 Å². The van der Waals surface area contributed by atoms with Gasteiger partial charge >= 0.3 is 0 Å². The fraction of sp³-hybridized carbons (Fsp3) is 0.417. The molecule has 0 unspecified atom stereocenters. The van der Waals surface area contributed by atoms with E-state index in [1.54, 1.807) is 11.8 Å². The number of nitrogens with two attached hydrogens (primary N) is 1. The van der Waals surface area contributed by atoms with Crippen LogP contribution in [0.1, 0.15) is 12.0 Å². The second kappa shape index (κ2) is 7.53. The number of thioether (sulfide) groups is 1. The molecule has 6 heteroatoms. The Morgan fingerprint density at radius 3 is 2.50 bits per heavy atom. The van der Waals surface area contributed by atoms with Gasteiger partial charge in [0.25, 0.3) is 0 Å². The van der Waals surface area contributed by atoms with Gasteiger partial charge in [-0.05, 0) is 74.9 Å². The van der Waals surface area contributed by atoms with Crippen LogP contribution in [0.4, 0.5) is 5.69 Å². The van der Waals surface area contributed by atoms with E-state index in [0.717, 1.165) is 25.9 Å². The number of benzene rings is 1. The molecule has 0 spiro atoms.